The van der Waals surface area contributed by atoms with Gasteiger partial charge in [-0.25, -0.2) is 9.48 Å². The third-order valence-electron chi connectivity index (χ3n) is 3.19. The van der Waals surface area contributed by atoms with E-state index < -0.39 is 24.0 Å². The Balaban J connectivity index is 2.54. The molecule has 25 heavy (non-hydrogen) atoms. The Morgan fingerprint density at radius 2 is 1.76 bits per heavy atom. The van der Waals surface area contributed by atoms with Crippen molar-refractivity contribution >= 4 is 23.5 Å². The first-order valence-electron chi connectivity index (χ1n) is 7.67. The monoisotopic (exact) mass is 364 g/mol. The van der Waals surface area contributed by atoms with Crippen LogP contribution in [-0.4, -0.2) is 34.9 Å². The maximum absolute atomic E-state index is 12.4. The zero-order valence-electron chi connectivity index (χ0n) is 13.8. The number of hydrogen-bond donors (Lipinski definition) is 0. The molecule has 7 nitrogen and oxygen atoms in total. The second-order valence-corrected chi connectivity index (χ2v) is 5.37. The third kappa shape index (κ3) is 4.67. The number of esters is 2. The Hall–Kier alpha value is -2.67. The number of carbonyl (C=O) groups excluding carboxylic acids is 2. The molecule has 2 aromatic rings. The number of carbonyl (C=O) groups is 2. The standard InChI is InChI=1S/C17H17ClN2O5/c1-3-24-15(21)10-20-16(22)13(17(23)25-4-2)9-14(19-20)11-5-7-12(18)8-6-11/h5-9H,3-4,10H2,1-2H3. The zero-order chi connectivity index (χ0) is 18.4. The summed E-state index contributed by atoms with van der Waals surface area (Å²) in [5.74, 6) is -1.40. The van der Waals surface area contributed by atoms with Crippen molar-refractivity contribution in [1.82, 2.24) is 9.78 Å². The van der Waals surface area contributed by atoms with E-state index in [1.54, 1.807) is 38.1 Å². The molecule has 0 aliphatic rings. The molecule has 0 aliphatic carbocycles. The number of ether oxygens (including phenoxy) is 2. The van der Waals surface area contributed by atoms with Gasteiger partial charge in [-0.05, 0) is 32.0 Å². The van der Waals surface area contributed by atoms with Crippen LogP contribution < -0.4 is 5.56 Å². The SMILES string of the molecule is CCOC(=O)Cn1nc(-c2ccc(Cl)cc2)cc(C(=O)OCC)c1=O. The first-order valence-corrected chi connectivity index (χ1v) is 8.04. The Bertz CT molecular complexity index is 830. The van der Waals surface area contributed by atoms with E-state index in [0.29, 0.717) is 16.3 Å². The number of halogens is 1. The molecule has 0 atom stereocenters. The predicted molar refractivity (Wildman–Crippen MR) is 91.5 cm³/mol. The van der Waals surface area contributed by atoms with Gasteiger partial charge in [0.2, 0.25) is 0 Å². The summed E-state index contributed by atoms with van der Waals surface area (Å²) >= 11 is 5.87. The van der Waals surface area contributed by atoms with Gasteiger partial charge < -0.3 is 9.47 Å². The molecule has 0 amide bonds. The molecular weight excluding hydrogens is 348 g/mol. The summed E-state index contributed by atoms with van der Waals surface area (Å²) in [7, 11) is 0. The summed E-state index contributed by atoms with van der Waals surface area (Å²) in [5.41, 5.74) is 0.0477. The first-order chi connectivity index (χ1) is 12.0. The Morgan fingerprint density at radius 3 is 2.36 bits per heavy atom. The van der Waals surface area contributed by atoms with E-state index in [2.05, 4.69) is 5.10 Å². The van der Waals surface area contributed by atoms with Crippen LogP contribution in [0.2, 0.25) is 5.02 Å². The van der Waals surface area contributed by atoms with Gasteiger partial charge in [0.1, 0.15) is 12.1 Å². The fourth-order valence-electron chi connectivity index (χ4n) is 2.09. The molecule has 0 unspecified atom stereocenters. The topological polar surface area (TPSA) is 87.5 Å². The van der Waals surface area contributed by atoms with Gasteiger partial charge in [0.15, 0.2) is 0 Å². The van der Waals surface area contributed by atoms with Gasteiger partial charge in [0, 0.05) is 10.6 Å². The molecule has 1 aromatic carbocycles. The molecule has 0 bridgehead atoms. The van der Waals surface area contributed by atoms with Gasteiger partial charge in [0.25, 0.3) is 5.56 Å². The van der Waals surface area contributed by atoms with Crippen molar-refractivity contribution in [3.8, 4) is 11.3 Å². The molecule has 2 rings (SSSR count). The van der Waals surface area contributed by atoms with Crippen molar-refractivity contribution < 1.29 is 19.1 Å². The van der Waals surface area contributed by atoms with Crippen molar-refractivity contribution in [1.29, 1.82) is 0 Å². The van der Waals surface area contributed by atoms with Crippen LogP contribution in [0.5, 0.6) is 0 Å². The van der Waals surface area contributed by atoms with Crippen LogP contribution in [0.25, 0.3) is 11.3 Å². The summed E-state index contributed by atoms with van der Waals surface area (Å²) in [6.45, 7) is 3.18. The number of hydrogen-bond acceptors (Lipinski definition) is 6. The first kappa shape index (κ1) is 18.7. The molecule has 0 spiro atoms. The van der Waals surface area contributed by atoms with Crippen LogP contribution >= 0.6 is 11.6 Å². The van der Waals surface area contributed by atoms with Gasteiger partial charge in [-0.2, -0.15) is 5.10 Å². The van der Waals surface area contributed by atoms with E-state index in [1.165, 1.54) is 6.07 Å². The lowest BCUT2D eigenvalue weighted by Crippen LogP contribution is -2.32. The molecule has 0 radical (unpaired) electrons. The molecule has 1 heterocycles. The Kier molecular flexibility index (Phi) is 6.30. The minimum Gasteiger partial charge on any atom is -0.465 e. The van der Waals surface area contributed by atoms with E-state index in [4.69, 9.17) is 21.1 Å². The molecule has 0 fully saturated rings. The minimum absolute atomic E-state index is 0.120. The average Bonchev–Trinajstić information content (AvgIpc) is 2.58. The van der Waals surface area contributed by atoms with Crippen LogP contribution in [0.3, 0.4) is 0 Å². The second-order valence-electron chi connectivity index (χ2n) is 4.94. The zero-order valence-corrected chi connectivity index (χ0v) is 14.6. The lowest BCUT2D eigenvalue weighted by Gasteiger charge is -2.10. The van der Waals surface area contributed by atoms with E-state index in [-0.39, 0.29) is 18.8 Å². The van der Waals surface area contributed by atoms with E-state index in [9.17, 15) is 14.4 Å². The van der Waals surface area contributed by atoms with E-state index in [0.717, 1.165) is 4.68 Å². The van der Waals surface area contributed by atoms with Gasteiger partial charge in [0.05, 0.1) is 18.9 Å². The van der Waals surface area contributed by atoms with Gasteiger partial charge in [-0.3, -0.25) is 9.59 Å². The normalized spacial score (nSPS) is 10.4. The van der Waals surface area contributed by atoms with Crippen LogP contribution in [0.15, 0.2) is 35.1 Å². The highest BCUT2D eigenvalue weighted by molar-refractivity contribution is 6.30. The maximum Gasteiger partial charge on any atom is 0.343 e. The van der Waals surface area contributed by atoms with Gasteiger partial charge in [-0.15, -0.1) is 0 Å². The van der Waals surface area contributed by atoms with Crippen molar-refractivity contribution in [2.75, 3.05) is 13.2 Å². The molecular formula is C17H17ClN2O5. The number of aromatic nitrogens is 2. The highest BCUT2D eigenvalue weighted by atomic mass is 35.5. The largest absolute Gasteiger partial charge is 0.465 e. The third-order valence-corrected chi connectivity index (χ3v) is 3.45. The number of nitrogens with zero attached hydrogens (tertiary/aromatic N) is 2. The minimum atomic E-state index is -0.775. The molecule has 8 heteroatoms. The molecule has 0 aliphatic heterocycles. The van der Waals surface area contributed by atoms with E-state index in [1.807, 2.05) is 0 Å². The lowest BCUT2D eigenvalue weighted by atomic mass is 10.1. The van der Waals surface area contributed by atoms with Gasteiger partial charge in [-0.1, -0.05) is 23.7 Å². The fourth-order valence-corrected chi connectivity index (χ4v) is 2.22. The van der Waals surface area contributed by atoms with Crippen LogP contribution in [0, 0.1) is 0 Å². The average molecular weight is 365 g/mol. The van der Waals surface area contributed by atoms with Crippen LogP contribution in [0.1, 0.15) is 24.2 Å². The molecule has 0 saturated heterocycles. The quantitative estimate of drug-likeness (QED) is 0.731. The van der Waals surface area contributed by atoms with Crippen molar-refractivity contribution in [2.24, 2.45) is 0 Å². The maximum atomic E-state index is 12.4. The highest BCUT2D eigenvalue weighted by Gasteiger charge is 2.19. The summed E-state index contributed by atoms with van der Waals surface area (Å²) in [4.78, 5) is 36.2. The van der Waals surface area contributed by atoms with Crippen molar-refractivity contribution in [3.05, 3.63) is 51.3 Å². The second kappa shape index (κ2) is 8.43. The van der Waals surface area contributed by atoms with Gasteiger partial charge >= 0.3 is 11.9 Å². The van der Waals surface area contributed by atoms with Crippen LogP contribution in [0.4, 0.5) is 0 Å². The number of benzene rings is 1. The summed E-state index contributed by atoms with van der Waals surface area (Å²) < 4.78 is 10.6. The summed E-state index contributed by atoms with van der Waals surface area (Å²) in [5, 5.41) is 4.69. The van der Waals surface area contributed by atoms with E-state index >= 15 is 0 Å². The highest BCUT2D eigenvalue weighted by Crippen LogP contribution is 2.19. The Labute approximate surface area is 149 Å². The van der Waals surface area contributed by atoms with Crippen LogP contribution in [-0.2, 0) is 20.8 Å². The number of rotatable bonds is 6. The Morgan fingerprint density at radius 1 is 1.12 bits per heavy atom. The molecule has 1 aromatic heterocycles. The summed E-state index contributed by atoms with van der Waals surface area (Å²) in [6.07, 6.45) is 0. The van der Waals surface area contributed by atoms with Crippen molar-refractivity contribution in [3.63, 3.8) is 0 Å². The fraction of sp³-hybridized carbons (Fsp3) is 0.294. The molecule has 132 valence electrons. The summed E-state index contributed by atoms with van der Waals surface area (Å²) in [6, 6.07) is 8.04. The smallest absolute Gasteiger partial charge is 0.343 e. The van der Waals surface area contributed by atoms with Crippen molar-refractivity contribution in [2.45, 2.75) is 20.4 Å². The molecule has 0 saturated carbocycles. The lowest BCUT2D eigenvalue weighted by molar-refractivity contribution is -0.144. The molecule has 0 N–H and O–H groups in total. The predicted octanol–water partition coefficient (Wildman–Crippen LogP) is 2.30.